The molecule has 3 aromatic heterocycles. The Morgan fingerprint density at radius 1 is 1.07 bits per heavy atom. The van der Waals surface area contributed by atoms with Crippen molar-refractivity contribution in [3.8, 4) is 17.2 Å². The van der Waals surface area contributed by atoms with Gasteiger partial charge in [-0.1, -0.05) is 6.07 Å². The van der Waals surface area contributed by atoms with Gasteiger partial charge in [-0.2, -0.15) is 0 Å². The Morgan fingerprint density at radius 2 is 1.83 bits per heavy atom. The third-order valence-corrected chi connectivity index (χ3v) is 5.05. The van der Waals surface area contributed by atoms with E-state index in [4.69, 9.17) is 16.2 Å². The van der Waals surface area contributed by atoms with Crippen LogP contribution in [0.5, 0.6) is 0 Å². The number of nitrogen functional groups attached to an aromatic ring is 2. The molecule has 9 nitrogen and oxygen atoms in total. The van der Waals surface area contributed by atoms with Crippen molar-refractivity contribution in [3.05, 3.63) is 48.4 Å². The normalized spacial score (nSPS) is 14.4. The summed E-state index contributed by atoms with van der Waals surface area (Å²) in [5, 5.41) is 3.98. The van der Waals surface area contributed by atoms with Crippen molar-refractivity contribution >= 4 is 28.4 Å². The highest BCUT2D eigenvalue weighted by atomic mass is 19.1. The second-order valence-corrected chi connectivity index (χ2v) is 6.94. The molecule has 30 heavy (non-hydrogen) atoms. The van der Waals surface area contributed by atoms with Gasteiger partial charge in [-0.05, 0) is 29.2 Å². The van der Waals surface area contributed by atoms with Gasteiger partial charge in [0.2, 0.25) is 0 Å². The van der Waals surface area contributed by atoms with E-state index in [0.29, 0.717) is 66.5 Å². The van der Waals surface area contributed by atoms with Gasteiger partial charge in [0.1, 0.15) is 28.8 Å². The Labute approximate surface area is 171 Å². The summed E-state index contributed by atoms with van der Waals surface area (Å²) in [6.45, 7) is 2.54. The maximum Gasteiger partial charge on any atom is 0.356 e. The van der Waals surface area contributed by atoms with E-state index in [1.165, 1.54) is 12.1 Å². The predicted molar refractivity (Wildman–Crippen MR) is 110 cm³/mol. The number of nitrogens with one attached hydrogen (secondary N) is 1. The summed E-state index contributed by atoms with van der Waals surface area (Å²) in [5.41, 5.74) is 15.0. The summed E-state index contributed by atoms with van der Waals surface area (Å²) in [7, 11) is 0. The number of H-pyrrole nitrogens is 1. The molecular weight excluding hydrogens is 387 g/mol. The Kier molecular flexibility index (Phi) is 4.40. The molecule has 0 spiro atoms. The predicted octanol–water partition coefficient (Wildman–Crippen LogP) is 1.44. The molecule has 4 aromatic rings. The van der Waals surface area contributed by atoms with Crippen LogP contribution in [-0.2, 0) is 4.74 Å². The van der Waals surface area contributed by atoms with Crippen molar-refractivity contribution in [1.82, 2.24) is 20.1 Å². The maximum atomic E-state index is 13.8. The molecule has 4 heterocycles. The van der Waals surface area contributed by atoms with E-state index < -0.39 is 0 Å². The van der Waals surface area contributed by atoms with E-state index in [9.17, 15) is 4.39 Å². The smallest absolute Gasteiger partial charge is 0.356 e. The monoisotopic (exact) mass is 407 g/mol. The molecule has 0 saturated carbocycles. The average molecular weight is 407 g/mol. The molecule has 0 bridgehead atoms. The average Bonchev–Trinajstić information content (AvgIpc) is 3.14. The lowest BCUT2D eigenvalue weighted by atomic mass is 10.2. The summed E-state index contributed by atoms with van der Waals surface area (Å²) in [6.07, 6.45) is 1.67. The van der Waals surface area contributed by atoms with Crippen LogP contribution in [0.2, 0.25) is 0 Å². The molecule has 0 amide bonds. The molecule has 1 aliphatic rings. The van der Waals surface area contributed by atoms with Crippen LogP contribution in [-0.4, -0.2) is 46.4 Å². The topological polar surface area (TPSA) is 123 Å². The lowest BCUT2D eigenvalue weighted by Gasteiger charge is -2.29. The number of aromatic nitrogens is 5. The number of nitrogens with zero attached hydrogens (tertiary/aromatic N) is 5. The molecule has 1 fully saturated rings. The van der Waals surface area contributed by atoms with Crippen molar-refractivity contribution in [1.29, 1.82) is 0 Å². The first-order valence-electron chi connectivity index (χ1n) is 9.52. The standard InChI is InChI=1S/C20H19FN8O/c21-12-3-1-4-13(11-12)29-20-14(5-2-6-24-20)15(27-29)19-25-17(22)16(18(23)26-19)28-7-9-30-10-8-28/h1-6,11H,7-10H2,(H4,22,23,25,26)/p+1. The lowest BCUT2D eigenvalue weighted by Crippen LogP contribution is -2.37. The number of aromatic amines is 1. The molecule has 1 aromatic carbocycles. The largest absolute Gasteiger partial charge is 0.382 e. The highest BCUT2D eigenvalue weighted by molar-refractivity contribution is 5.88. The first-order chi connectivity index (χ1) is 14.6. The van der Waals surface area contributed by atoms with Crippen molar-refractivity contribution in [2.75, 3.05) is 42.7 Å². The highest BCUT2D eigenvalue weighted by Crippen LogP contribution is 2.32. The molecule has 5 rings (SSSR count). The molecular formula is C20H20FN8O+. The van der Waals surface area contributed by atoms with Crippen LogP contribution < -0.4 is 21.0 Å². The SMILES string of the molecule is Nc1nc(-c2[nH][n+](-c3cccc(F)c3)c3ncccc23)nc(N)c1N1CCOCC1. The molecule has 0 atom stereocenters. The molecule has 10 heteroatoms. The number of rotatable bonds is 3. The third kappa shape index (κ3) is 3.07. The minimum atomic E-state index is -0.347. The van der Waals surface area contributed by atoms with E-state index in [2.05, 4.69) is 20.1 Å². The van der Waals surface area contributed by atoms with Crippen molar-refractivity contribution in [3.63, 3.8) is 0 Å². The van der Waals surface area contributed by atoms with Gasteiger partial charge in [0, 0.05) is 19.2 Å². The maximum absolute atomic E-state index is 13.8. The van der Waals surface area contributed by atoms with Gasteiger partial charge in [0.25, 0.3) is 0 Å². The van der Waals surface area contributed by atoms with Crippen LogP contribution in [0.4, 0.5) is 21.7 Å². The summed E-state index contributed by atoms with van der Waals surface area (Å²) >= 11 is 0. The second-order valence-electron chi connectivity index (χ2n) is 6.94. The molecule has 1 aliphatic heterocycles. The Balaban J connectivity index is 1.65. The minimum absolute atomic E-state index is 0.295. The van der Waals surface area contributed by atoms with Gasteiger partial charge in [-0.25, -0.2) is 19.5 Å². The zero-order valence-corrected chi connectivity index (χ0v) is 16.0. The van der Waals surface area contributed by atoms with Gasteiger partial charge < -0.3 is 21.1 Å². The number of anilines is 3. The Bertz CT molecular complexity index is 1210. The number of morpholine rings is 1. The fraction of sp³-hybridized carbons (Fsp3) is 0.200. The second kappa shape index (κ2) is 7.23. The Hall–Kier alpha value is -3.79. The third-order valence-electron chi connectivity index (χ3n) is 5.05. The van der Waals surface area contributed by atoms with E-state index in [1.54, 1.807) is 23.0 Å². The van der Waals surface area contributed by atoms with Crippen LogP contribution in [0.1, 0.15) is 0 Å². The molecule has 0 unspecified atom stereocenters. The van der Waals surface area contributed by atoms with E-state index in [1.807, 2.05) is 17.0 Å². The minimum Gasteiger partial charge on any atom is -0.382 e. The van der Waals surface area contributed by atoms with E-state index in [0.717, 1.165) is 5.39 Å². The van der Waals surface area contributed by atoms with Crippen LogP contribution in [0.15, 0.2) is 42.6 Å². The fourth-order valence-electron chi connectivity index (χ4n) is 3.68. The van der Waals surface area contributed by atoms with E-state index in [-0.39, 0.29) is 5.82 Å². The summed E-state index contributed by atoms with van der Waals surface area (Å²) in [4.78, 5) is 15.5. The van der Waals surface area contributed by atoms with Crippen molar-refractivity contribution < 1.29 is 13.8 Å². The zero-order chi connectivity index (χ0) is 20.7. The first-order valence-corrected chi connectivity index (χ1v) is 9.52. The Morgan fingerprint density at radius 3 is 2.57 bits per heavy atom. The van der Waals surface area contributed by atoms with Crippen LogP contribution in [0, 0.1) is 5.82 Å². The summed E-state index contributed by atoms with van der Waals surface area (Å²) < 4.78 is 20.9. The summed E-state index contributed by atoms with van der Waals surface area (Å²) in [5.74, 6) is 0.585. The highest BCUT2D eigenvalue weighted by Gasteiger charge is 2.25. The number of pyridine rings is 1. The number of hydrogen-bond donors (Lipinski definition) is 3. The lowest BCUT2D eigenvalue weighted by molar-refractivity contribution is -0.631. The first kappa shape index (κ1) is 18.3. The molecule has 5 N–H and O–H groups in total. The van der Waals surface area contributed by atoms with Gasteiger partial charge in [0.15, 0.2) is 23.1 Å². The van der Waals surface area contributed by atoms with Crippen molar-refractivity contribution in [2.24, 2.45) is 0 Å². The van der Waals surface area contributed by atoms with Crippen molar-refractivity contribution in [2.45, 2.75) is 0 Å². The van der Waals surface area contributed by atoms with Gasteiger partial charge >= 0.3 is 5.65 Å². The number of ether oxygens (including phenoxy) is 1. The van der Waals surface area contributed by atoms with Crippen LogP contribution in [0.25, 0.3) is 28.2 Å². The number of hydrogen-bond acceptors (Lipinski definition) is 7. The van der Waals surface area contributed by atoms with Gasteiger partial charge in [-0.15, -0.1) is 4.68 Å². The number of halogens is 1. The van der Waals surface area contributed by atoms with Crippen LogP contribution in [0.3, 0.4) is 0 Å². The quantitative estimate of drug-likeness (QED) is 0.439. The molecule has 0 radical (unpaired) electrons. The summed E-state index contributed by atoms with van der Waals surface area (Å²) in [6, 6.07) is 9.91. The zero-order valence-electron chi connectivity index (χ0n) is 16.0. The molecule has 0 aliphatic carbocycles. The van der Waals surface area contributed by atoms with E-state index >= 15 is 0 Å². The number of nitrogens with two attached hydrogens (primary N) is 2. The fourth-order valence-corrected chi connectivity index (χ4v) is 3.68. The number of benzene rings is 1. The van der Waals surface area contributed by atoms with Gasteiger partial charge in [0.05, 0.1) is 13.2 Å². The van der Waals surface area contributed by atoms with Crippen LogP contribution >= 0.6 is 0 Å². The number of fused-ring (bicyclic) bond motifs is 1. The van der Waals surface area contributed by atoms with Gasteiger partial charge in [-0.3, -0.25) is 0 Å². The molecule has 152 valence electrons. The molecule has 1 saturated heterocycles.